The fourth-order valence-corrected chi connectivity index (χ4v) is 3.03. The number of imidazole rings is 1. The Kier molecular flexibility index (Phi) is 4.20. The smallest absolute Gasteiger partial charge is 0.137 e. The molecule has 0 unspecified atom stereocenters. The van der Waals surface area contributed by atoms with Gasteiger partial charge in [0.05, 0.1) is 15.0 Å². The first-order valence-electron chi connectivity index (χ1n) is 6.29. The maximum atomic E-state index is 13.5. The second-order valence-electron chi connectivity index (χ2n) is 4.51. The van der Waals surface area contributed by atoms with Gasteiger partial charge in [-0.15, -0.1) is 11.6 Å². The molecule has 0 N–H and O–H groups in total. The van der Waals surface area contributed by atoms with Crippen molar-refractivity contribution in [3.05, 3.63) is 57.5 Å². The van der Waals surface area contributed by atoms with E-state index in [1.54, 1.807) is 18.2 Å². The van der Waals surface area contributed by atoms with Gasteiger partial charge in [-0.05, 0) is 46.3 Å². The Balaban J connectivity index is 2.30. The molecule has 0 saturated carbocycles. The van der Waals surface area contributed by atoms with Crippen LogP contribution in [0.5, 0.6) is 0 Å². The molecule has 1 heterocycles. The van der Waals surface area contributed by atoms with Gasteiger partial charge in [-0.1, -0.05) is 17.7 Å². The highest BCUT2D eigenvalue weighted by Crippen LogP contribution is 2.29. The van der Waals surface area contributed by atoms with E-state index in [0.29, 0.717) is 21.8 Å². The maximum absolute atomic E-state index is 13.5. The van der Waals surface area contributed by atoms with Crippen molar-refractivity contribution in [2.75, 3.05) is 5.88 Å². The topological polar surface area (TPSA) is 17.8 Å². The zero-order valence-electron chi connectivity index (χ0n) is 10.8. The standard InChI is InChI=1S/C15H10BrCl2FN2/c16-10-8-9(4-5-12(10)19)21-13-3-1-2-11(18)15(13)20-14(21)6-7-17/h1-5,8H,6-7H2. The number of alkyl halides is 1. The average molecular weight is 388 g/mol. The Bertz CT molecular complexity index is 817. The molecule has 0 radical (unpaired) electrons. The lowest BCUT2D eigenvalue weighted by Gasteiger charge is -2.09. The molecule has 3 rings (SSSR count). The quantitative estimate of drug-likeness (QED) is 0.553. The van der Waals surface area contributed by atoms with E-state index in [2.05, 4.69) is 20.9 Å². The van der Waals surface area contributed by atoms with E-state index < -0.39 is 0 Å². The van der Waals surface area contributed by atoms with Crippen LogP contribution < -0.4 is 0 Å². The molecule has 6 heteroatoms. The van der Waals surface area contributed by atoms with Gasteiger partial charge < -0.3 is 0 Å². The van der Waals surface area contributed by atoms with Crippen molar-refractivity contribution in [1.29, 1.82) is 0 Å². The minimum Gasteiger partial charge on any atom is -0.296 e. The SMILES string of the molecule is Fc1ccc(-n2c(CCCl)nc3c(Cl)cccc32)cc1Br. The molecule has 0 amide bonds. The van der Waals surface area contributed by atoms with Crippen LogP contribution in [0.1, 0.15) is 5.82 Å². The highest BCUT2D eigenvalue weighted by Gasteiger charge is 2.15. The Morgan fingerprint density at radius 1 is 1.24 bits per heavy atom. The zero-order valence-corrected chi connectivity index (χ0v) is 13.9. The fourth-order valence-electron chi connectivity index (χ4n) is 2.28. The van der Waals surface area contributed by atoms with E-state index >= 15 is 0 Å². The number of rotatable bonds is 3. The zero-order chi connectivity index (χ0) is 15.0. The Hall–Kier alpha value is -1.10. The van der Waals surface area contributed by atoms with Gasteiger partial charge in [0, 0.05) is 18.0 Å². The summed E-state index contributed by atoms with van der Waals surface area (Å²) in [5.74, 6) is 0.940. The molecule has 2 aromatic carbocycles. The molecule has 0 atom stereocenters. The molecule has 0 saturated heterocycles. The summed E-state index contributed by atoms with van der Waals surface area (Å²) < 4.78 is 15.8. The van der Waals surface area contributed by atoms with Crippen molar-refractivity contribution in [3.8, 4) is 5.69 Å². The van der Waals surface area contributed by atoms with Crippen LogP contribution in [-0.2, 0) is 6.42 Å². The van der Waals surface area contributed by atoms with Crippen LogP contribution in [0.3, 0.4) is 0 Å². The number of nitrogens with zero attached hydrogens (tertiary/aromatic N) is 2. The van der Waals surface area contributed by atoms with Crippen LogP contribution >= 0.6 is 39.1 Å². The minimum atomic E-state index is -0.305. The average Bonchev–Trinajstić information content (AvgIpc) is 2.82. The Morgan fingerprint density at radius 2 is 2.05 bits per heavy atom. The first-order chi connectivity index (χ1) is 10.1. The molecule has 0 spiro atoms. The summed E-state index contributed by atoms with van der Waals surface area (Å²) in [6.07, 6.45) is 0.599. The number of fused-ring (bicyclic) bond motifs is 1. The summed E-state index contributed by atoms with van der Waals surface area (Å²) in [4.78, 5) is 4.57. The first kappa shape index (κ1) is 14.8. The highest BCUT2D eigenvalue weighted by molar-refractivity contribution is 9.10. The van der Waals surface area contributed by atoms with Crippen LogP contribution in [0.4, 0.5) is 4.39 Å². The fraction of sp³-hybridized carbons (Fsp3) is 0.133. The molecule has 0 bridgehead atoms. The first-order valence-corrected chi connectivity index (χ1v) is 7.99. The van der Waals surface area contributed by atoms with Crippen molar-refractivity contribution in [2.45, 2.75) is 6.42 Å². The van der Waals surface area contributed by atoms with Crippen LogP contribution in [0.2, 0.25) is 5.02 Å². The lowest BCUT2D eigenvalue weighted by Crippen LogP contribution is -2.02. The van der Waals surface area contributed by atoms with Gasteiger partial charge in [-0.2, -0.15) is 0 Å². The van der Waals surface area contributed by atoms with E-state index in [1.165, 1.54) is 6.07 Å². The normalized spacial score (nSPS) is 11.2. The Morgan fingerprint density at radius 3 is 2.76 bits per heavy atom. The van der Waals surface area contributed by atoms with Crippen LogP contribution in [0.25, 0.3) is 16.7 Å². The van der Waals surface area contributed by atoms with E-state index in [9.17, 15) is 4.39 Å². The minimum absolute atomic E-state index is 0.305. The number of halogens is 4. The molecule has 21 heavy (non-hydrogen) atoms. The maximum Gasteiger partial charge on any atom is 0.137 e. The van der Waals surface area contributed by atoms with Crippen molar-refractivity contribution in [3.63, 3.8) is 0 Å². The number of aryl methyl sites for hydroxylation is 1. The van der Waals surface area contributed by atoms with E-state index in [4.69, 9.17) is 23.2 Å². The lowest BCUT2D eigenvalue weighted by molar-refractivity contribution is 0.620. The summed E-state index contributed by atoms with van der Waals surface area (Å²) in [5.41, 5.74) is 2.41. The number of para-hydroxylation sites is 1. The van der Waals surface area contributed by atoms with Crippen LogP contribution in [-0.4, -0.2) is 15.4 Å². The van der Waals surface area contributed by atoms with Gasteiger partial charge in [0.25, 0.3) is 0 Å². The molecular weight excluding hydrogens is 378 g/mol. The van der Waals surface area contributed by atoms with E-state index in [-0.39, 0.29) is 5.82 Å². The summed E-state index contributed by atoms with van der Waals surface area (Å²) in [5, 5.41) is 0.586. The van der Waals surface area contributed by atoms with Crippen molar-refractivity contribution < 1.29 is 4.39 Å². The predicted octanol–water partition coefficient (Wildman–Crippen LogP) is 5.36. The number of hydrogen-bond donors (Lipinski definition) is 0. The molecule has 108 valence electrons. The molecule has 0 aliphatic carbocycles. The number of benzene rings is 2. The van der Waals surface area contributed by atoms with Crippen molar-refractivity contribution in [1.82, 2.24) is 9.55 Å². The molecule has 3 aromatic rings. The lowest BCUT2D eigenvalue weighted by atomic mass is 10.2. The monoisotopic (exact) mass is 386 g/mol. The molecular formula is C15H10BrCl2FN2. The molecule has 1 aromatic heterocycles. The van der Waals surface area contributed by atoms with Crippen LogP contribution in [0, 0.1) is 5.82 Å². The summed E-state index contributed by atoms with van der Waals surface area (Å²) in [6.45, 7) is 0. The summed E-state index contributed by atoms with van der Waals surface area (Å²) in [6, 6.07) is 10.4. The van der Waals surface area contributed by atoms with E-state index in [1.807, 2.05) is 16.7 Å². The second kappa shape index (κ2) is 5.95. The number of aromatic nitrogens is 2. The summed E-state index contributed by atoms with van der Waals surface area (Å²) >= 11 is 15.3. The van der Waals surface area contributed by atoms with Crippen molar-refractivity contribution in [2.24, 2.45) is 0 Å². The third-order valence-electron chi connectivity index (χ3n) is 3.18. The third-order valence-corrected chi connectivity index (χ3v) is 4.29. The Labute approximate surface area is 139 Å². The molecule has 0 aliphatic rings. The van der Waals surface area contributed by atoms with Crippen LogP contribution in [0.15, 0.2) is 40.9 Å². The molecule has 0 aliphatic heterocycles. The van der Waals surface area contributed by atoms with Gasteiger partial charge >= 0.3 is 0 Å². The summed E-state index contributed by atoms with van der Waals surface area (Å²) in [7, 11) is 0. The van der Waals surface area contributed by atoms with Gasteiger partial charge in [0.15, 0.2) is 0 Å². The number of hydrogen-bond acceptors (Lipinski definition) is 1. The van der Waals surface area contributed by atoms with Gasteiger partial charge in [0.2, 0.25) is 0 Å². The van der Waals surface area contributed by atoms with E-state index in [0.717, 1.165) is 22.5 Å². The largest absolute Gasteiger partial charge is 0.296 e. The van der Waals surface area contributed by atoms with Gasteiger partial charge in [-0.3, -0.25) is 4.57 Å². The second-order valence-corrected chi connectivity index (χ2v) is 6.15. The van der Waals surface area contributed by atoms with Gasteiger partial charge in [0.1, 0.15) is 17.2 Å². The molecule has 0 fully saturated rings. The van der Waals surface area contributed by atoms with Crippen molar-refractivity contribution >= 4 is 50.2 Å². The predicted molar refractivity (Wildman–Crippen MR) is 88.2 cm³/mol. The van der Waals surface area contributed by atoms with Gasteiger partial charge in [-0.25, -0.2) is 9.37 Å². The highest BCUT2D eigenvalue weighted by atomic mass is 79.9. The molecule has 2 nitrogen and oxygen atoms in total. The third kappa shape index (κ3) is 2.68.